The molecule has 0 aliphatic carbocycles. The molecule has 1 saturated heterocycles. The highest BCUT2D eigenvalue weighted by Gasteiger charge is 2.37. The summed E-state index contributed by atoms with van der Waals surface area (Å²) in [5.41, 5.74) is -1.19. The molecular weight excluding hydrogens is 377 g/mol. The lowest BCUT2D eigenvalue weighted by atomic mass is 9.95. The van der Waals surface area contributed by atoms with E-state index >= 15 is 0 Å². The number of hydrogen-bond donors (Lipinski definition) is 0. The maximum Gasteiger partial charge on any atom is 0.417 e. The number of piperidine rings is 1. The van der Waals surface area contributed by atoms with E-state index in [1.807, 2.05) is 17.7 Å². The van der Waals surface area contributed by atoms with E-state index in [9.17, 15) is 18.0 Å². The number of hydrogen-bond acceptors (Lipinski definition) is 4. The van der Waals surface area contributed by atoms with Crippen molar-refractivity contribution in [1.29, 1.82) is 0 Å². The van der Waals surface area contributed by atoms with Crippen molar-refractivity contribution in [2.75, 3.05) is 19.3 Å². The Morgan fingerprint density at radius 1 is 1.30 bits per heavy atom. The van der Waals surface area contributed by atoms with Gasteiger partial charge in [0.05, 0.1) is 11.1 Å². The summed E-state index contributed by atoms with van der Waals surface area (Å²) in [7, 11) is 0. The Kier molecular flexibility index (Phi) is 5.78. The molecule has 1 fully saturated rings. The van der Waals surface area contributed by atoms with Gasteiger partial charge in [0.15, 0.2) is 5.16 Å². The zero-order chi connectivity index (χ0) is 19.6. The molecule has 0 bridgehead atoms. The number of aromatic nitrogens is 3. The summed E-state index contributed by atoms with van der Waals surface area (Å²) in [5.74, 6) is 0.179. The van der Waals surface area contributed by atoms with Crippen LogP contribution in [0.5, 0.6) is 0 Å². The van der Waals surface area contributed by atoms with Crippen molar-refractivity contribution in [2.24, 2.45) is 0 Å². The molecule has 1 unspecified atom stereocenters. The van der Waals surface area contributed by atoms with Crippen LogP contribution in [0.15, 0.2) is 29.4 Å². The van der Waals surface area contributed by atoms with Crippen LogP contribution in [-0.4, -0.2) is 44.9 Å². The summed E-state index contributed by atoms with van der Waals surface area (Å²) >= 11 is 1.50. The van der Waals surface area contributed by atoms with E-state index in [4.69, 9.17) is 0 Å². The van der Waals surface area contributed by atoms with E-state index in [1.165, 1.54) is 34.9 Å². The van der Waals surface area contributed by atoms with Crippen LogP contribution in [-0.2, 0) is 12.7 Å². The van der Waals surface area contributed by atoms with Crippen molar-refractivity contribution >= 4 is 17.7 Å². The molecule has 0 radical (unpaired) electrons. The third kappa shape index (κ3) is 3.97. The van der Waals surface area contributed by atoms with Gasteiger partial charge in [0.1, 0.15) is 5.82 Å². The van der Waals surface area contributed by atoms with E-state index in [-0.39, 0.29) is 11.5 Å². The Morgan fingerprint density at radius 2 is 2.04 bits per heavy atom. The standard InChI is InChI=1S/C18H21F3N4OS/c1-3-25-15(22-23-17(25)27-2)12-7-6-10-24(11-12)16(26)13-8-4-5-9-14(13)18(19,20)21/h4-5,8-9,12H,3,6-7,10-11H2,1-2H3. The van der Waals surface area contributed by atoms with E-state index < -0.39 is 17.6 Å². The highest BCUT2D eigenvalue weighted by atomic mass is 32.2. The van der Waals surface area contributed by atoms with Crippen molar-refractivity contribution in [1.82, 2.24) is 19.7 Å². The number of alkyl halides is 3. The first-order chi connectivity index (χ1) is 12.9. The molecule has 9 heteroatoms. The highest BCUT2D eigenvalue weighted by Crippen LogP contribution is 2.34. The van der Waals surface area contributed by atoms with E-state index in [0.29, 0.717) is 19.6 Å². The molecular formula is C18H21F3N4OS. The zero-order valence-corrected chi connectivity index (χ0v) is 16.0. The van der Waals surface area contributed by atoms with Crippen LogP contribution in [0, 0.1) is 0 Å². The number of amides is 1. The average Bonchev–Trinajstić information content (AvgIpc) is 3.10. The minimum atomic E-state index is -4.56. The molecule has 27 heavy (non-hydrogen) atoms. The normalized spacial score (nSPS) is 18.0. The molecule has 0 N–H and O–H groups in total. The first kappa shape index (κ1) is 19.7. The van der Waals surface area contributed by atoms with Crippen LogP contribution in [0.1, 0.15) is 47.4 Å². The number of likely N-dealkylation sites (tertiary alicyclic amines) is 1. The number of nitrogens with zero attached hydrogens (tertiary/aromatic N) is 4. The molecule has 1 aromatic heterocycles. The van der Waals surface area contributed by atoms with Gasteiger partial charge in [-0.05, 0) is 38.2 Å². The number of halogens is 3. The molecule has 146 valence electrons. The second kappa shape index (κ2) is 7.92. The largest absolute Gasteiger partial charge is 0.417 e. The van der Waals surface area contributed by atoms with Crippen molar-refractivity contribution < 1.29 is 18.0 Å². The number of thioether (sulfide) groups is 1. The molecule has 3 rings (SSSR count). The quantitative estimate of drug-likeness (QED) is 0.729. The van der Waals surface area contributed by atoms with Crippen molar-refractivity contribution in [2.45, 2.75) is 43.6 Å². The first-order valence-corrected chi connectivity index (χ1v) is 10.0. The summed E-state index contributed by atoms with van der Waals surface area (Å²) in [6, 6.07) is 4.96. The third-order valence-corrected chi connectivity index (χ3v) is 5.45. The lowest BCUT2D eigenvalue weighted by Crippen LogP contribution is -2.40. The summed E-state index contributed by atoms with van der Waals surface area (Å²) in [4.78, 5) is 14.3. The molecule has 1 amide bonds. The molecule has 2 aromatic rings. The molecule has 1 aromatic carbocycles. The molecule has 1 atom stereocenters. The Balaban J connectivity index is 1.85. The second-order valence-corrected chi connectivity index (χ2v) is 7.20. The van der Waals surface area contributed by atoms with Gasteiger partial charge in [0, 0.05) is 25.6 Å². The van der Waals surface area contributed by atoms with E-state index in [2.05, 4.69) is 10.2 Å². The fraction of sp³-hybridized carbons (Fsp3) is 0.500. The maximum absolute atomic E-state index is 13.3. The number of rotatable bonds is 4. The SMILES string of the molecule is CCn1c(SC)nnc1C1CCCN(C(=O)c2ccccc2C(F)(F)F)C1. The Bertz CT molecular complexity index is 821. The van der Waals surface area contributed by atoms with Crippen LogP contribution in [0.4, 0.5) is 13.2 Å². The molecule has 0 saturated carbocycles. The summed E-state index contributed by atoms with van der Waals surface area (Å²) in [6.07, 6.45) is -1.09. The number of benzene rings is 1. The summed E-state index contributed by atoms with van der Waals surface area (Å²) in [6.45, 7) is 3.49. The molecule has 2 heterocycles. The fourth-order valence-corrected chi connectivity index (χ4v) is 4.08. The summed E-state index contributed by atoms with van der Waals surface area (Å²) < 4.78 is 41.8. The molecule has 0 spiro atoms. The minimum absolute atomic E-state index is 0.0332. The second-order valence-electron chi connectivity index (χ2n) is 6.42. The van der Waals surface area contributed by atoms with Crippen LogP contribution in [0.25, 0.3) is 0 Å². The fourth-order valence-electron chi connectivity index (χ4n) is 3.51. The third-order valence-electron chi connectivity index (χ3n) is 4.78. The van der Waals surface area contributed by atoms with Crippen molar-refractivity contribution in [3.8, 4) is 0 Å². The lowest BCUT2D eigenvalue weighted by molar-refractivity contribution is -0.138. The van der Waals surface area contributed by atoms with Crippen molar-refractivity contribution in [3.05, 3.63) is 41.2 Å². The summed E-state index contributed by atoms with van der Waals surface area (Å²) in [5, 5.41) is 9.26. The van der Waals surface area contributed by atoms with Crippen LogP contribution < -0.4 is 0 Å². The topological polar surface area (TPSA) is 51.0 Å². The van der Waals surface area contributed by atoms with E-state index in [0.717, 1.165) is 29.9 Å². The van der Waals surface area contributed by atoms with Crippen LogP contribution in [0.3, 0.4) is 0 Å². The minimum Gasteiger partial charge on any atom is -0.338 e. The first-order valence-electron chi connectivity index (χ1n) is 8.79. The average molecular weight is 398 g/mol. The predicted molar refractivity (Wildman–Crippen MR) is 96.8 cm³/mol. The van der Waals surface area contributed by atoms with Gasteiger partial charge in [-0.15, -0.1) is 10.2 Å². The van der Waals surface area contributed by atoms with Gasteiger partial charge in [-0.25, -0.2) is 0 Å². The maximum atomic E-state index is 13.3. The van der Waals surface area contributed by atoms with Crippen molar-refractivity contribution in [3.63, 3.8) is 0 Å². The van der Waals surface area contributed by atoms with Gasteiger partial charge in [0.2, 0.25) is 0 Å². The van der Waals surface area contributed by atoms with Gasteiger partial charge >= 0.3 is 6.18 Å². The smallest absolute Gasteiger partial charge is 0.338 e. The Hall–Kier alpha value is -2.03. The molecule has 1 aliphatic rings. The van der Waals surface area contributed by atoms with Gasteiger partial charge in [0.25, 0.3) is 5.91 Å². The predicted octanol–water partition coefficient (Wildman–Crippen LogP) is 4.06. The van der Waals surface area contributed by atoms with Crippen LogP contribution in [0.2, 0.25) is 0 Å². The van der Waals surface area contributed by atoms with Gasteiger partial charge in [-0.2, -0.15) is 13.2 Å². The van der Waals surface area contributed by atoms with Gasteiger partial charge < -0.3 is 9.47 Å². The number of carbonyl (C=O) groups is 1. The highest BCUT2D eigenvalue weighted by molar-refractivity contribution is 7.98. The monoisotopic (exact) mass is 398 g/mol. The zero-order valence-electron chi connectivity index (χ0n) is 15.2. The number of carbonyl (C=O) groups excluding carboxylic acids is 1. The van der Waals surface area contributed by atoms with Crippen LogP contribution >= 0.6 is 11.8 Å². The molecule has 1 aliphatic heterocycles. The molecule has 5 nitrogen and oxygen atoms in total. The Morgan fingerprint density at radius 3 is 2.70 bits per heavy atom. The van der Waals surface area contributed by atoms with Gasteiger partial charge in [-0.1, -0.05) is 23.9 Å². The van der Waals surface area contributed by atoms with E-state index in [1.54, 1.807) is 0 Å². The Labute approximate surface area is 160 Å². The van der Waals surface area contributed by atoms with Gasteiger partial charge in [-0.3, -0.25) is 4.79 Å². The lowest BCUT2D eigenvalue weighted by Gasteiger charge is -2.33.